The van der Waals surface area contributed by atoms with E-state index in [4.69, 9.17) is 0 Å². The molecule has 0 atom stereocenters. The van der Waals surface area contributed by atoms with Gasteiger partial charge in [-0.1, -0.05) is 20.8 Å². The van der Waals surface area contributed by atoms with Crippen molar-refractivity contribution >= 4 is 11.9 Å². The van der Waals surface area contributed by atoms with Gasteiger partial charge in [-0.25, -0.2) is 0 Å². The van der Waals surface area contributed by atoms with E-state index in [9.17, 15) is 0 Å². The first-order valence-corrected chi connectivity index (χ1v) is 4.77. The third kappa shape index (κ3) is 4.41. The maximum absolute atomic E-state index is 4.26. The predicted octanol–water partition coefficient (Wildman–Crippen LogP) is 3.53. The van der Waals surface area contributed by atoms with Gasteiger partial charge in [-0.3, -0.25) is 9.98 Å². The number of pyridine rings is 1. The van der Waals surface area contributed by atoms with Gasteiger partial charge in [0.15, 0.2) is 0 Å². The maximum Gasteiger partial charge on any atom is 0.0685 e. The van der Waals surface area contributed by atoms with E-state index in [2.05, 4.69) is 16.9 Å². The molecule has 0 bridgehead atoms. The molecule has 2 nitrogen and oxygen atoms in total. The van der Waals surface area contributed by atoms with Crippen molar-refractivity contribution in [1.29, 1.82) is 0 Å². The minimum atomic E-state index is 0.974. The van der Waals surface area contributed by atoms with Crippen LogP contribution in [0.1, 0.15) is 32.8 Å². The third-order valence-electron chi connectivity index (χ3n) is 1.40. The molecule has 0 spiro atoms. The van der Waals surface area contributed by atoms with Crippen LogP contribution in [0.2, 0.25) is 0 Å². The van der Waals surface area contributed by atoms with E-state index in [0.717, 1.165) is 17.7 Å². The predicted molar refractivity (Wildman–Crippen MR) is 58.8 cm³/mol. The summed E-state index contributed by atoms with van der Waals surface area (Å²) in [4.78, 5) is 8.24. The van der Waals surface area contributed by atoms with Crippen LogP contribution in [-0.4, -0.2) is 11.2 Å². The SMILES string of the molecule is CC.CCC=Nc1ccncc1C. The van der Waals surface area contributed by atoms with Gasteiger partial charge >= 0.3 is 0 Å². The molecule has 0 fully saturated rings. The molecule has 0 N–H and O–H groups in total. The van der Waals surface area contributed by atoms with Crippen molar-refractivity contribution in [2.24, 2.45) is 4.99 Å². The van der Waals surface area contributed by atoms with E-state index in [1.807, 2.05) is 39.2 Å². The zero-order valence-electron chi connectivity index (χ0n) is 8.91. The zero-order chi connectivity index (χ0) is 10.1. The fourth-order valence-electron chi connectivity index (χ4n) is 0.801. The molecule has 1 aromatic heterocycles. The van der Waals surface area contributed by atoms with Gasteiger partial charge in [0.25, 0.3) is 0 Å². The van der Waals surface area contributed by atoms with Crippen molar-refractivity contribution < 1.29 is 0 Å². The highest BCUT2D eigenvalue weighted by atomic mass is 14.7. The molecular weight excluding hydrogens is 160 g/mol. The summed E-state index contributed by atoms with van der Waals surface area (Å²) in [6, 6.07) is 1.92. The summed E-state index contributed by atoms with van der Waals surface area (Å²) in [6.45, 7) is 8.08. The van der Waals surface area contributed by atoms with E-state index in [0.29, 0.717) is 0 Å². The quantitative estimate of drug-likeness (QED) is 0.636. The first-order chi connectivity index (χ1) is 6.34. The highest BCUT2D eigenvalue weighted by Crippen LogP contribution is 2.14. The second-order valence-electron chi connectivity index (χ2n) is 2.38. The molecule has 1 rings (SSSR count). The third-order valence-corrected chi connectivity index (χ3v) is 1.40. The second-order valence-corrected chi connectivity index (χ2v) is 2.38. The fourth-order valence-corrected chi connectivity index (χ4v) is 0.801. The van der Waals surface area contributed by atoms with Gasteiger partial charge in [-0.05, 0) is 25.0 Å². The summed E-state index contributed by atoms with van der Waals surface area (Å²) in [5, 5.41) is 0. The van der Waals surface area contributed by atoms with Gasteiger partial charge < -0.3 is 0 Å². The Hall–Kier alpha value is -1.18. The molecule has 0 unspecified atom stereocenters. The van der Waals surface area contributed by atoms with Gasteiger partial charge in [0, 0.05) is 18.6 Å². The van der Waals surface area contributed by atoms with Gasteiger partial charge in [-0.2, -0.15) is 0 Å². The Labute approximate surface area is 80.7 Å². The monoisotopic (exact) mass is 178 g/mol. The minimum absolute atomic E-state index is 0.974. The molecule has 1 aromatic rings. The minimum Gasteiger partial charge on any atom is -0.264 e. The van der Waals surface area contributed by atoms with Crippen molar-refractivity contribution in [2.45, 2.75) is 34.1 Å². The molecule has 2 heteroatoms. The molecule has 0 aliphatic heterocycles. The van der Waals surface area contributed by atoms with Crippen molar-refractivity contribution in [3.05, 3.63) is 24.0 Å². The van der Waals surface area contributed by atoms with Crippen LogP contribution in [0.3, 0.4) is 0 Å². The summed E-state index contributed by atoms with van der Waals surface area (Å²) >= 11 is 0. The highest BCUT2D eigenvalue weighted by molar-refractivity contribution is 5.63. The summed E-state index contributed by atoms with van der Waals surface area (Å²) in [7, 11) is 0. The van der Waals surface area contributed by atoms with Crippen LogP contribution in [0.15, 0.2) is 23.5 Å². The van der Waals surface area contributed by atoms with E-state index in [1.54, 1.807) is 6.20 Å². The van der Waals surface area contributed by atoms with Gasteiger partial charge in [-0.15, -0.1) is 0 Å². The lowest BCUT2D eigenvalue weighted by Gasteiger charge is -1.95. The lowest BCUT2D eigenvalue weighted by molar-refractivity contribution is 1.24. The average molecular weight is 178 g/mol. The number of nitrogens with zero attached hydrogens (tertiary/aromatic N) is 2. The molecule has 72 valence electrons. The van der Waals surface area contributed by atoms with Crippen molar-refractivity contribution in [2.75, 3.05) is 0 Å². The van der Waals surface area contributed by atoms with Gasteiger partial charge in [0.2, 0.25) is 0 Å². The highest BCUT2D eigenvalue weighted by Gasteiger charge is 1.90. The number of aromatic nitrogens is 1. The molecular formula is C11H18N2. The summed E-state index contributed by atoms with van der Waals surface area (Å²) in [5.41, 5.74) is 2.14. The van der Waals surface area contributed by atoms with Crippen molar-refractivity contribution in [3.8, 4) is 0 Å². The van der Waals surface area contributed by atoms with Crippen molar-refractivity contribution in [3.63, 3.8) is 0 Å². The molecule has 0 radical (unpaired) electrons. The molecule has 1 heterocycles. The second kappa shape index (κ2) is 7.47. The summed E-state index contributed by atoms with van der Waals surface area (Å²) in [5.74, 6) is 0. The van der Waals surface area contributed by atoms with E-state index < -0.39 is 0 Å². The lowest BCUT2D eigenvalue weighted by atomic mass is 10.3. The molecule has 0 saturated carbocycles. The Morgan fingerprint density at radius 3 is 2.69 bits per heavy atom. The van der Waals surface area contributed by atoms with Crippen LogP contribution in [0.25, 0.3) is 0 Å². The Bertz CT molecular complexity index is 254. The lowest BCUT2D eigenvalue weighted by Crippen LogP contribution is -1.76. The van der Waals surface area contributed by atoms with E-state index >= 15 is 0 Å². The Morgan fingerprint density at radius 2 is 2.15 bits per heavy atom. The Kier molecular flexibility index (Phi) is 6.79. The molecule has 0 aromatic carbocycles. The van der Waals surface area contributed by atoms with Gasteiger partial charge in [0.05, 0.1) is 5.69 Å². The Morgan fingerprint density at radius 1 is 1.46 bits per heavy atom. The zero-order valence-corrected chi connectivity index (χ0v) is 8.91. The first kappa shape index (κ1) is 11.8. The molecule has 0 amide bonds. The van der Waals surface area contributed by atoms with Crippen molar-refractivity contribution in [1.82, 2.24) is 4.98 Å². The summed E-state index contributed by atoms with van der Waals surface area (Å²) < 4.78 is 0. The fraction of sp³-hybridized carbons (Fsp3) is 0.455. The molecule has 0 aliphatic carbocycles. The number of hydrogen-bond acceptors (Lipinski definition) is 2. The average Bonchev–Trinajstić information content (AvgIpc) is 2.20. The number of hydrogen-bond donors (Lipinski definition) is 0. The molecule has 0 aliphatic rings. The first-order valence-electron chi connectivity index (χ1n) is 4.77. The number of rotatable bonds is 2. The van der Waals surface area contributed by atoms with Gasteiger partial charge in [0.1, 0.15) is 0 Å². The van der Waals surface area contributed by atoms with Crippen LogP contribution >= 0.6 is 0 Å². The smallest absolute Gasteiger partial charge is 0.0685 e. The molecule has 0 saturated heterocycles. The van der Waals surface area contributed by atoms with E-state index in [-0.39, 0.29) is 0 Å². The normalized spacial score (nSPS) is 9.54. The summed E-state index contributed by atoms with van der Waals surface area (Å²) in [6.07, 6.45) is 6.46. The topological polar surface area (TPSA) is 25.2 Å². The maximum atomic E-state index is 4.26. The van der Waals surface area contributed by atoms with Crippen LogP contribution in [-0.2, 0) is 0 Å². The number of aryl methyl sites for hydroxylation is 1. The van der Waals surface area contributed by atoms with E-state index in [1.165, 1.54) is 0 Å². The van der Waals surface area contributed by atoms with Crippen LogP contribution in [0.4, 0.5) is 5.69 Å². The van der Waals surface area contributed by atoms with Crippen LogP contribution < -0.4 is 0 Å². The Balaban J connectivity index is 0.000000671. The van der Waals surface area contributed by atoms with Crippen LogP contribution in [0.5, 0.6) is 0 Å². The standard InChI is InChI=1S/C9H12N2.C2H6/c1-3-5-11-9-4-6-10-7-8(9)2;1-2/h4-7H,3H2,1-2H3;1-2H3. The molecule has 13 heavy (non-hydrogen) atoms. The largest absolute Gasteiger partial charge is 0.264 e. The number of aliphatic imine (C=N–C) groups is 1. The van der Waals surface area contributed by atoms with Crippen LogP contribution in [0, 0.1) is 6.92 Å².